The van der Waals surface area contributed by atoms with Crippen molar-refractivity contribution in [2.45, 2.75) is 6.92 Å². The summed E-state index contributed by atoms with van der Waals surface area (Å²) in [6.45, 7) is 1.88. The predicted octanol–water partition coefficient (Wildman–Crippen LogP) is 3.36. The first kappa shape index (κ1) is 11.1. The Bertz CT molecular complexity index is 524. The second-order valence-electron chi connectivity index (χ2n) is 3.27. The van der Waals surface area contributed by atoms with E-state index in [2.05, 4.69) is 9.69 Å². The molecule has 1 N–H and O–H groups in total. The lowest BCUT2D eigenvalue weighted by Crippen LogP contribution is -2.11. The third kappa shape index (κ3) is 2.40. The summed E-state index contributed by atoms with van der Waals surface area (Å²) in [5.74, 6) is -0.214. The zero-order valence-electron chi connectivity index (χ0n) is 8.53. The van der Waals surface area contributed by atoms with Gasteiger partial charge < -0.3 is 5.32 Å². The van der Waals surface area contributed by atoms with Crippen molar-refractivity contribution in [3.8, 4) is 0 Å². The number of hydrogen-bond donors (Lipinski definition) is 1. The maximum Gasteiger partial charge on any atom is 0.257 e. The van der Waals surface area contributed by atoms with E-state index >= 15 is 0 Å². The number of nitrogens with one attached hydrogen (secondary N) is 1. The van der Waals surface area contributed by atoms with Gasteiger partial charge in [0.15, 0.2) is 0 Å². The van der Waals surface area contributed by atoms with Crippen LogP contribution in [0.1, 0.15) is 16.1 Å². The third-order valence-corrected chi connectivity index (χ3v) is 3.11. The topological polar surface area (TPSA) is 42.0 Å². The normalized spacial score (nSPS) is 10.1. The summed E-state index contributed by atoms with van der Waals surface area (Å²) in [5.41, 5.74) is 1.36. The molecule has 0 aliphatic rings. The highest BCUT2D eigenvalue weighted by Crippen LogP contribution is 2.19. The number of rotatable bonds is 2. The molecule has 0 atom stereocenters. The zero-order valence-corrected chi connectivity index (χ0v) is 10.1. The number of benzene rings is 1. The smallest absolute Gasteiger partial charge is 0.257 e. The monoisotopic (exact) mass is 252 g/mol. The molecule has 0 aliphatic heterocycles. The molecule has 0 unspecified atom stereocenters. The van der Waals surface area contributed by atoms with Crippen LogP contribution in [-0.2, 0) is 0 Å². The fourth-order valence-corrected chi connectivity index (χ4v) is 2.13. The van der Waals surface area contributed by atoms with Crippen LogP contribution in [0.15, 0.2) is 30.3 Å². The van der Waals surface area contributed by atoms with Crippen LogP contribution in [-0.4, -0.2) is 10.3 Å². The van der Waals surface area contributed by atoms with E-state index in [0.29, 0.717) is 10.6 Å². The number of carbonyl (C=O) groups excluding carboxylic acids is 1. The van der Waals surface area contributed by atoms with Gasteiger partial charge in [0, 0.05) is 0 Å². The Labute approximate surface area is 102 Å². The molecule has 2 rings (SSSR count). The summed E-state index contributed by atoms with van der Waals surface area (Å²) in [6, 6.07) is 8.76. The van der Waals surface area contributed by atoms with E-state index in [9.17, 15) is 4.79 Å². The summed E-state index contributed by atoms with van der Waals surface area (Å²) >= 11 is 7.17. The van der Waals surface area contributed by atoms with Crippen molar-refractivity contribution in [1.82, 2.24) is 4.37 Å². The van der Waals surface area contributed by atoms with Crippen molar-refractivity contribution < 1.29 is 4.79 Å². The summed E-state index contributed by atoms with van der Waals surface area (Å²) in [6.07, 6.45) is 0. The van der Waals surface area contributed by atoms with Crippen molar-refractivity contribution in [3.63, 3.8) is 0 Å². The molecule has 0 saturated carbocycles. The minimum atomic E-state index is -0.214. The molecule has 5 heteroatoms. The molecular formula is C11H9ClN2OS. The fourth-order valence-electron chi connectivity index (χ4n) is 1.25. The van der Waals surface area contributed by atoms with Crippen LogP contribution in [0.2, 0.25) is 5.02 Å². The summed E-state index contributed by atoms with van der Waals surface area (Å²) in [4.78, 5) is 11.8. The molecule has 1 aromatic carbocycles. The molecule has 0 spiro atoms. The van der Waals surface area contributed by atoms with Gasteiger partial charge in [0.1, 0.15) is 5.00 Å². The quantitative estimate of drug-likeness (QED) is 0.891. The van der Waals surface area contributed by atoms with Crippen LogP contribution in [0, 0.1) is 6.92 Å². The molecule has 1 heterocycles. The van der Waals surface area contributed by atoms with E-state index in [1.54, 1.807) is 24.3 Å². The van der Waals surface area contributed by atoms with Crippen molar-refractivity contribution in [2.75, 3.05) is 5.32 Å². The molecule has 16 heavy (non-hydrogen) atoms. The number of amides is 1. The van der Waals surface area contributed by atoms with Crippen molar-refractivity contribution in [3.05, 3.63) is 46.6 Å². The van der Waals surface area contributed by atoms with Crippen molar-refractivity contribution in [2.24, 2.45) is 0 Å². The average Bonchev–Trinajstić information content (AvgIpc) is 2.64. The van der Waals surface area contributed by atoms with Crippen LogP contribution in [0.25, 0.3) is 0 Å². The summed E-state index contributed by atoms with van der Waals surface area (Å²) in [7, 11) is 0. The lowest BCUT2D eigenvalue weighted by atomic mass is 10.2. The highest BCUT2D eigenvalue weighted by Gasteiger charge is 2.10. The molecule has 0 bridgehead atoms. The predicted molar refractivity (Wildman–Crippen MR) is 66.3 cm³/mol. The largest absolute Gasteiger partial charge is 0.312 e. The second-order valence-corrected chi connectivity index (χ2v) is 4.48. The number of hydrogen-bond acceptors (Lipinski definition) is 3. The standard InChI is InChI=1S/C11H9ClN2OS/c1-7-6-10(16-14-7)13-11(15)8-4-2-3-5-9(8)12/h2-6H,1H3,(H,13,15). The van der Waals surface area contributed by atoms with E-state index in [1.165, 1.54) is 11.5 Å². The van der Waals surface area contributed by atoms with Crippen LogP contribution < -0.4 is 5.32 Å². The first-order chi connectivity index (χ1) is 7.66. The van der Waals surface area contributed by atoms with E-state index in [0.717, 1.165) is 10.7 Å². The van der Waals surface area contributed by atoms with Gasteiger partial charge in [-0.05, 0) is 36.7 Å². The average molecular weight is 253 g/mol. The zero-order chi connectivity index (χ0) is 11.5. The first-order valence-electron chi connectivity index (χ1n) is 4.66. The van der Waals surface area contributed by atoms with E-state index in [1.807, 2.05) is 13.0 Å². The van der Waals surface area contributed by atoms with Crippen molar-refractivity contribution >= 4 is 34.0 Å². The minimum Gasteiger partial charge on any atom is -0.312 e. The summed E-state index contributed by atoms with van der Waals surface area (Å²) in [5, 5.41) is 3.92. The Hall–Kier alpha value is -1.39. The third-order valence-electron chi connectivity index (χ3n) is 1.98. The number of nitrogens with zero attached hydrogens (tertiary/aromatic N) is 1. The maximum atomic E-state index is 11.8. The lowest BCUT2D eigenvalue weighted by molar-refractivity contribution is 0.102. The lowest BCUT2D eigenvalue weighted by Gasteiger charge is -2.03. The van der Waals surface area contributed by atoms with Crippen molar-refractivity contribution in [1.29, 1.82) is 0 Å². The Morgan fingerprint density at radius 3 is 2.81 bits per heavy atom. The maximum absolute atomic E-state index is 11.8. The van der Waals surface area contributed by atoms with Gasteiger partial charge in [0.05, 0.1) is 16.3 Å². The van der Waals surface area contributed by atoms with Gasteiger partial charge in [-0.25, -0.2) is 0 Å². The SMILES string of the molecule is Cc1cc(NC(=O)c2ccccc2Cl)sn1. The van der Waals surface area contributed by atoms with Crippen LogP contribution in [0.5, 0.6) is 0 Å². The second kappa shape index (κ2) is 4.63. The Morgan fingerprint density at radius 1 is 1.44 bits per heavy atom. The van der Waals surface area contributed by atoms with Gasteiger partial charge in [-0.15, -0.1) is 0 Å². The van der Waals surface area contributed by atoms with Gasteiger partial charge in [0.2, 0.25) is 0 Å². The fraction of sp³-hybridized carbons (Fsp3) is 0.0909. The molecule has 3 nitrogen and oxygen atoms in total. The summed E-state index contributed by atoms with van der Waals surface area (Å²) < 4.78 is 4.08. The van der Waals surface area contributed by atoms with E-state index in [4.69, 9.17) is 11.6 Å². The van der Waals surface area contributed by atoms with E-state index < -0.39 is 0 Å². The van der Waals surface area contributed by atoms with E-state index in [-0.39, 0.29) is 5.91 Å². The number of aromatic nitrogens is 1. The van der Waals surface area contributed by atoms with Gasteiger partial charge in [-0.2, -0.15) is 4.37 Å². The van der Waals surface area contributed by atoms with Gasteiger partial charge >= 0.3 is 0 Å². The molecule has 0 radical (unpaired) electrons. The van der Waals surface area contributed by atoms with Crippen LogP contribution >= 0.6 is 23.1 Å². The molecular weight excluding hydrogens is 244 g/mol. The Morgan fingerprint density at radius 2 is 2.19 bits per heavy atom. The molecule has 1 amide bonds. The number of anilines is 1. The first-order valence-corrected chi connectivity index (χ1v) is 5.81. The molecule has 0 fully saturated rings. The molecule has 0 aliphatic carbocycles. The molecule has 0 saturated heterocycles. The number of halogens is 1. The number of carbonyl (C=O) groups is 1. The van der Waals surface area contributed by atoms with Gasteiger partial charge in [-0.1, -0.05) is 23.7 Å². The highest BCUT2D eigenvalue weighted by atomic mass is 35.5. The Kier molecular flexibility index (Phi) is 3.22. The molecule has 2 aromatic rings. The molecule has 1 aromatic heterocycles. The highest BCUT2D eigenvalue weighted by molar-refractivity contribution is 7.10. The van der Waals surface area contributed by atoms with Crippen LogP contribution in [0.3, 0.4) is 0 Å². The minimum absolute atomic E-state index is 0.214. The molecule has 82 valence electrons. The van der Waals surface area contributed by atoms with Crippen LogP contribution in [0.4, 0.5) is 5.00 Å². The van der Waals surface area contributed by atoms with Gasteiger partial charge in [-0.3, -0.25) is 4.79 Å². The van der Waals surface area contributed by atoms with Gasteiger partial charge in [0.25, 0.3) is 5.91 Å². The Balaban J connectivity index is 2.18. The number of aryl methyl sites for hydroxylation is 1.